The van der Waals surface area contributed by atoms with Crippen LogP contribution >= 0.6 is 0 Å². The van der Waals surface area contributed by atoms with Crippen molar-refractivity contribution < 1.29 is 0 Å². The molecule has 0 spiro atoms. The molecule has 0 N–H and O–H groups in total. The van der Waals surface area contributed by atoms with E-state index in [9.17, 15) is 0 Å². The Bertz CT molecular complexity index is 589. The summed E-state index contributed by atoms with van der Waals surface area (Å²) in [6.07, 6.45) is 3.71. The van der Waals surface area contributed by atoms with E-state index in [-0.39, 0.29) is 0 Å². The maximum atomic E-state index is 2.55. The van der Waals surface area contributed by atoms with Gasteiger partial charge in [-0.3, -0.25) is 5.01 Å². The van der Waals surface area contributed by atoms with Gasteiger partial charge in [0, 0.05) is 13.1 Å². The molecule has 1 atom stereocenters. The zero-order valence-electron chi connectivity index (χ0n) is 11.7. The molecule has 1 fully saturated rings. The van der Waals surface area contributed by atoms with Gasteiger partial charge in [-0.1, -0.05) is 48.5 Å². The van der Waals surface area contributed by atoms with Crippen LogP contribution in [0.3, 0.4) is 0 Å². The van der Waals surface area contributed by atoms with Crippen LogP contribution in [0, 0.1) is 0 Å². The maximum Gasteiger partial charge on any atom is 0.0710 e. The van der Waals surface area contributed by atoms with E-state index in [1.54, 1.807) is 0 Å². The molecule has 1 unspecified atom stereocenters. The van der Waals surface area contributed by atoms with E-state index in [1.807, 2.05) is 0 Å². The maximum absolute atomic E-state index is 2.55. The Morgan fingerprint density at radius 2 is 1.60 bits per heavy atom. The first-order chi connectivity index (χ1) is 9.93. The number of para-hydroxylation sites is 1. The highest BCUT2D eigenvalue weighted by molar-refractivity contribution is 5.57. The van der Waals surface area contributed by atoms with Gasteiger partial charge in [0.25, 0.3) is 0 Å². The average Bonchev–Trinajstić information content (AvgIpc) is 2.47. The number of hydrazine groups is 1. The molecular weight excluding hydrogens is 244 g/mol. The fourth-order valence-corrected chi connectivity index (χ4v) is 3.38. The second kappa shape index (κ2) is 4.95. The number of rotatable bonds is 2. The van der Waals surface area contributed by atoms with Crippen molar-refractivity contribution in [2.45, 2.75) is 25.3 Å². The summed E-state index contributed by atoms with van der Waals surface area (Å²) in [5, 5.41) is 5.06. The van der Waals surface area contributed by atoms with Crippen molar-refractivity contribution in [2.75, 3.05) is 18.1 Å². The largest absolute Gasteiger partial charge is 0.298 e. The van der Waals surface area contributed by atoms with Gasteiger partial charge in [-0.25, -0.2) is 5.01 Å². The molecule has 0 aromatic heterocycles. The van der Waals surface area contributed by atoms with Crippen LogP contribution in [0.15, 0.2) is 54.6 Å². The monoisotopic (exact) mass is 264 g/mol. The van der Waals surface area contributed by atoms with Crippen molar-refractivity contribution >= 4 is 5.69 Å². The Balaban J connectivity index is 1.76. The van der Waals surface area contributed by atoms with Crippen molar-refractivity contribution in [2.24, 2.45) is 0 Å². The van der Waals surface area contributed by atoms with Crippen molar-refractivity contribution in [3.05, 3.63) is 65.7 Å². The molecule has 20 heavy (non-hydrogen) atoms. The van der Waals surface area contributed by atoms with E-state index in [4.69, 9.17) is 0 Å². The fourth-order valence-electron chi connectivity index (χ4n) is 3.38. The molecule has 0 aliphatic carbocycles. The SMILES string of the molecule is c1ccc(C2CCc3ccccc3N2N2CCC2)cc1. The van der Waals surface area contributed by atoms with E-state index in [0.717, 1.165) is 0 Å². The van der Waals surface area contributed by atoms with Crippen LogP contribution in [0.4, 0.5) is 5.69 Å². The summed E-state index contributed by atoms with van der Waals surface area (Å²) in [7, 11) is 0. The van der Waals surface area contributed by atoms with E-state index in [0.29, 0.717) is 6.04 Å². The van der Waals surface area contributed by atoms with Crippen LogP contribution in [0.25, 0.3) is 0 Å². The summed E-state index contributed by atoms with van der Waals surface area (Å²) in [5.41, 5.74) is 4.34. The van der Waals surface area contributed by atoms with Gasteiger partial charge in [-0.2, -0.15) is 0 Å². The summed E-state index contributed by atoms with van der Waals surface area (Å²) in [4.78, 5) is 0. The Labute approximate surface area is 120 Å². The lowest BCUT2D eigenvalue weighted by Crippen LogP contribution is -2.53. The Kier molecular flexibility index (Phi) is 2.96. The first kappa shape index (κ1) is 12.0. The number of aryl methyl sites for hydroxylation is 1. The molecule has 4 rings (SSSR count). The highest BCUT2D eigenvalue weighted by atomic mass is 15.7. The molecule has 102 valence electrons. The molecule has 0 radical (unpaired) electrons. The van der Waals surface area contributed by atoms with Gasteiger partial charge in [0.05, 0.1) is 11.7 Å². The van der Waals surface area contributed by atoms with Crippen LogP contribution in [0.2, 0.25) is 0 Å². The minimum atomic E-state index is 0.492. The number of benzene rings is 2. The first-order valence-corrected chi connectivity index (χ1v) is 7.60. The lowest BCUT2D eigenvalue weighted by molar-refractivity contribution is 0.136. The number of nitrogens with zero attached hydrogens (tertiary/aromatic N) is 2. The molecule has 2 heterocycles. The summed E-state index contributed by atoms with van der Waals surface area (Å²) in [6.45, 7) is 2.38. The molecule has 0 amide bonds. The number of hydrogen-bond acceptors (Lipinski definition) is 2. The van der Waals surface area contributed by atoms with Gasteiger partial charge in [0.1, 0.15) is 0 Å². The molecule has 2 aliphatic rings. The van der Waals surface area contributed by atoms with E-state index >= 15 is 0 Å². The van der Waals surface area contributed by atoms with Crippen LogP contribution in [0.5, 0.6) is 0 Å². The molecule has 2 aromatic carbocycles. The third kappa shape index (κ3) is 1.92. The summed E-state index contributed by atoms with van der Waals surface area (Å²) in [6, 6.07) is 20.3. The zero-order chi connectivity index (χ0) is 13.4. The average molecular weight is 264 g/mol. The van der Waals surface area contributed by atoms with Crippen LogP contribution in [-0.2, 0) is 6.42 Å². The van der Waals surface area contributed by atoms with Gasteiger partial charge < -0.3 is 0 Å². The molecule has 2 nitrogen and oxygen atoms in total. The van der Waals surface area contributed by atoms with Gasteiger partial charge >= 0.3 is 0 Å². The normalized spacial score (nSPS) is 22.2. The molecular formula is C18H20N2. The Morgan fingerprint density at radius 1 is 0.850 bits per heavy atom. The second-order valence-corrected chi connectivity index (χ2v) is 5.75. The van der Waals surface area contributed by atoms with E-state index < -0.39 is 0 Å². The van der Waals surface area contributed by atoms with Crippen LogP contribution in [-0.4, -0.2) is 18.1 Å². The minimum absolute atomic E-state index is 0.492. The van der Waals surface area contributed by atoms with Crippen LogP contribution < -0.4 is 5.01 Å². The molecule has 0 bridgehead atoms. The van der Waals surface area contributed by atoms with Gasteiger partial charge in [-0.05, 0) is 36.5 Å². The van der Waals surface area contributed by atoms with Crippen molar-refractivity contribution in [3.63, 3.8) is 0 Å². The predicted octanol–water partition coefficient (Wildman–Crippen LogP) is 3.80. The quantitative estimate of drug-likeness (QED) is 0.814. The third-order valence-corrected chi connectivity index (χ3v) is 4.54. The Hall–Kier alpha value is -1.80. The second-order valence-electron chi connectivity index (χ2n) is 5.75. The first-order valence-electron chi connectivity index (χ1n) is 7.60. The van der Waals surface area contributed by atoms with Crippen molar-refractivity contribution in [3.8, 4) is 0 Å². The topological polar surface area (TPSA) is 6.48 Å². The number of hydrogen-bond donors (Lipinski definition) is 0. The Morgan fingerprint density at radius 3 is 2.35 bits per heavy atom. The third-order valence-electron chi connectivity index (χ3n) is 4.54. The van der Waals surface area contributed by atoms with Crippen molar-refractivity contribution in [1.82, 2.24) is 5.01 Å². The molecule has 2 heteroatoms. The van der Waals surface area contributed by atoms with Gasteiger partial charge in [0.2, 0.25) is 0 Å². The number of anilines is 1. The summed E-state index contributed by atoms with van der Waals surface area (Å²) in [5.74, 6) is 0. The number of fused-ring (bicyclic) bond motifs is 1. The fraction of sp³-hybridized carbons (Fsp3) is 0.333. The highest BCUT2D eigenvalue weighted by Crippen LogP contribution is 2.40. The zero-order valence-corrected chi connectivity index (χ0v) is 11.7. The summed E-state index contributed by atoms with van der Waals surface area (Å²) >= 11 is 0. The van der Waals surface area contributed by atoms with Crippen molar-refractivity contribution in [1.29, 1.82) is 0 Å². The molecule has 2 aromatic rings. The molecule has 1 saturated heterocycles. The van der Waals surface area contributed by atoms with E-state index in [1.165, 1.54) is 49.2 Å². The summed E-state index contributed by atoms with van der Waals surface area (Å²) < 4.78 is 0. The predicted molar refractivity (Wildman–Crippen MR) is 82.6 cm³/mol. The minimum Gasteiger partial charge on any atom is -0.298 e. The lowest BCUT2D eigenvalue weighted by Gasteiger charge is -2.49. The lowest BCUT2D eigenvalue weighted by atomic mass is 9.92. The highest BCUT2D eigenvalue weighted by Gasteiger charge is 2.33. The smallest absolute Gasteiger partial charge is 0.0710 e. The molecule has 2 aliphatic heterocycles. The van der Waals surface area contributed by atoms with Gasteiger partial charge in [0.15, 0.2) is 0 Å². The molecule has 0 saturated carbocycles. The van der Waals surface area contributed by atoms with Crippen LogP contribution in [0.1, 0.15) is 30.0 Å². The van der Waals surface area contributed by atoms with Gasteiger partial charge in [-0.15, -0.1) is 0 Å². The standard InChI is InChI=1S/C18H20N2/c1-2-7-15(8-3-1)18-12-11-16-9-4-5-10-17(16)20(18)19-13-6-14-19/h1-5,7-10,18H,6,11-14H2. The van der Waals surface area contributed by atoms with E-state index in [2.05, 4.69) is 64.6 Å².